The predicted molar refractivity (Wildman–Crippen MR) is 58.6 cm³/mol. The van der Waals surface area contributed by atoms with Crippen LogP contribution in [0.1, 0.15) is 0 Å². The smallest absolute Gasteiger partial charge is 0.0862 e. The van der Waals surface area contributed by atoms with Gasteiger partial charge in [-0.3, -0.25) is 0 Å². The fourth-order valence-corrected chi connectivity index (χ4v) is 1.97. The zero-order valence-corrected chi connectivity index (χ0v) is 7.84. The standard InChI is InChI=1S/C10H10N2S/c11-8-3-1-2-7(6-8)9-4-5-10(12)13-9/h1-6H,11-12H2. The Hall–Kier alpha value is -1.48. The first-order valence-corrected chi connectivity index (χ1v) is 4.78. The van der Waals surface area contributed by atoms with Crippen LogP contribution in [0.3, 0.4) is 0 Å². The van der Waals surface area contributed by atoms with Gasteiger partial charge in [0.15, 0.2) is 0 Å². The summed E-state index contributed by atoms with van der Waals surface area (Å²) in [5, 5.41) is 0.831. The molecule has 1 heterocycles. The predicted octanol–water partition coefficient (Wildman–Crippen LogP) is 2.58. The van der Waals surface area contributed by atoms with Crippen LogP contribution in [0.2, 0.25) is 0 Å². The Morgan fingerprint density at radius 2 is 1.85 bits per heavy atom. The SMILES string of the molecule is Nc1cccc(-c2ccc(N)s2)c1. The molecular weight excluding hydrogens is 180 g/mol. The minimum atomic E-state index is 0.782. The molecule has 4 N–H and O–H groups in total. The molecule has 0 fully saturated rings. The molecule has 2 rings (SSSR count). The van der Waals surface area contributed by atoms with E-state index in [1.165, 1.54) is 0 Å². The second-order valence-electron chi connectivity index (χ2n) is 2.83. The number of hydrogen-bond acceptors (Lipinski definition) is 3. The topological polar surface area (TPSA) is 52.0 Å². The average molecular weight is 190 g/mol. The molecule has 2 nitrogen and oxygen atoms in total. The lowest BCUT2D eigenvalue weighted by atomic mass is 10.2. The van der Waals surface area contributed by atoms with Crippen molar-refractivity contribution in [3.63, 3.8) is 0 Å². The summed E-state index contributed by atoms with van der Waals surface area (Å²) >= 11 is 1.57. The van der Waals surface area contributed by atoms with Gasteiger partial charge in [-0.15, -0.1) is 11.3 Å². The van der Waals surface area contributed by atoms with Crippen molar-refractivity contribution in [3.05, 3.63) is 36.4 Å². The van der Waals surface area contributed by atoms with Gasteiger partial charge in [0.25, 0.3) is 0 Å². The number of benzene rings is 1. The van der Waals surface area contributed by atoms with Gasteiger partial charge >= 0.3 is 0 Å². The van der Waals surface area contributed by atoms with Gasteiger partial charge in [-0.1, -0.05) is 12.1 Å². The third kappa shape index (κ3) is 1.65. The Balaban J connectivity index is 2.46. The lowest BCUT2D eigenvalue weighted by Gasteiger charge is -1.97. The Labute approximate surface area is 80.8 Å². The molecule has 3 heteroatoms. The molecule has 0 radical (unpaired) electrons. The summed E-state index contributed by atoms with van der Waals surface area (Å²) in [6, 6.07) is 11.7. The van der Waals surface area contributed by atoms with E-state index in [2.05, 4.69) is 0 Å². The van der Waals surface area contributed by atoms with E-state index in [1.54, 1.807) is 11.3 Å². The van der Waals surface area contributed by atoms with Crippen molar-refractivity contribution in [1.82, 2.24) is 0 Å². The van der Waals surface area contributed by atoms with Crippen LogP contribution in [0.15, 0.2) is 36.4 Å². The molecule has 0 aliphatic heterocycles. The summed E-state index contributed by atoms with van der Waals surface area (Å²) in [5.74, 6) is 0. The maximum Gasteiger partial charge on any atom is 0.0862 e. The highest BCUT2D eigenvalue weighted by molar-refractivity contribution is 7.19. The summed E-state index contributed by atoms with van der Waals surface area (Å²) in [4.78, 5) is 1.16. The van der Waals surface area contributed by atoms with Crippen LogP contribution in [-0.4, -0.2) is 0 Å². The fourth-order valence-electron chi connectivity index (χ4n) is 1.20. The van der Waals surface area contributed by atoms with E-state index >= 15 is 0 Å². The second kappa shape index (κ2) is 3.11. The van der Waals surface area contributed by atoms with E-state index in [-0.39, 0.29) is 0 Å². The minimum Gasteiger partial charge on any atom is -0.399 e. The van der Waals surface area contributed by atoms with Crippen LogP contribution in [0, 0.1) is 0 Å². The largest absolute Gasteiger partial charge is 0.399 e. The lowest BCUT2D eigenvalue weighted by molar-refractivity contribution is 1.68. The molecule has 0 aliphatic rings. The zero-order chi connectivity index (χ0) is 9.26. The first kappa shape index (κ1) is 8.13. The molecule has 1 aromatic carbocycles. The van der Waals surface area contributed by atoms with Gasteiger partial charge in [-0.25, -0.2) is 0 Å². The monoisotopic (exact) mass is 190 g/mol. The summed E-state index contributed by atoms with van der Waals surface area (Å²) in [5.41, 5.74) is 13.2. The van der Waals surface area contributed by atoms with Gasteiger partial charge < -0.3 is 11.5 Å². The maximum atomic E-state index is 5.68. The first-order chi connectivity index (χ1) is 6.25. The molecule has 0 atom stereocenters. The highest BCUT2D eigenvalue weighted by Gasteiger charge is 2.00. The Morgan fingerprint density at radius 3 is 2.46 bits per heavy atom. The van der Waals surface area contributed by atoms with Crippen LogP contribution >= 0.6 is 11.3 Å². The van der Waals surface area contributed by atoms with Crippen molar-refractivity contribution in [2.45, 2.75) is 0 Å². The van der Waals surface area contributed by atoms with E-state index in [1.807, 2.05) is 36.4 Å². The number of anilines is 2. The van der Waals surface area contributed by atoms with E-state index in [9.17, 15) is 0 Å². The Bertz CT molecular complexity index is 420. The van der Waals surface area contributed by atoms with Crippen LogP contribution in [0.25, 0.3) is 10.4 Å². The third-order valence-electron chi connectivity index (χ3n) is 1.80. The quantitative estimate of drug-likeness (QED) is 0.679. The molecule has 0 bridgehead atoms. The van der Waals surface area contributed by atoms with E-state index in [0.717, 1.165) is 21.1 Å². The summed E-state index contributed by atoms with van der Waals surface area (Å²) in [7, 11) is 0. The molecule has 0 aliphatic carbocycles. The normalized spacial score (nSPS) is 10.2. The van der Waals surface area contributed by atoms with Crippen molar-refractivity contribution >= 4 is 22.0 Å². The van der Waals surface area contributed by atoms with E-state index < -0.39 is 0 Å². The Morgan fingerprint density at radius 1 is 1.00 bits per heavy atom. The van der Waals surface area contributed by atoms with Gasteiger partial charge in [0, 0.05) is 10.6 Å². The number of hydrogen-bond donors (Lipinski definition) is 2. The van der Waals surface area contributed by atoms with E-state index in [0.29, 0.717) is 0 Å². The van der Waals surface area contributed by atoms with Crippen LogP contribution in [0.5, 0.6) is 0 Å². The highest BCUT2D eigenvalue weighted by atomic mass is 32.1. The van der Waals surface area contributed by atoms with Gasteiger partial charge in [-0.2, -0.15) is 0 Å². The molecule has 0 saturated carbocycles. The lowest BCUT2D eigenvalue weighted by Crippen LogP contribution is -1.83. The molecule has 0 unspecified atom stereocenters. The Kier molecular flexibility index (Phi) is 1.94. The van der Waals surface area contributed by atoms with Crippen molar-refractivity contribution in [2.24, 2.45) is 0 Å². The van der Waals surface area contributed by atoms with Crippen LogP contribution < -0.4 is 11.5 Å². The zero-order valence-electron chi connectivity index (χ0n) is 7.03. The molecule has 0 amide bonds. The summed E-state index contributed by atoms with van der Waals surface area (Å²) in [6.45, 7) is 0. The number of rotatable bonds is 1. The van der Waals surface area contributed by atoms with Crippen LogP contribution in [-0.2, 0) is 0 Å². The second-order valence-corrected chi connectivity index (χ2v) is 3.94. The molecule has 1 aromatic heterocycles. The van der Waals surface area contributed by atoms with Crippen molar-refractivity contribution in [3.8, 4) is 10.4 Å². The first-order valence-electron chi connectivity index (χ1n) is 3.97. The number of thiophene rings is 1. The molecule has 0 saturated heterocycles. The molecule has 66 valence electrons. The van der Waals surface area contributed by atoms with E-state index in [4.69, 9.17) is 11.5 Å². The molecule has 2 aromatic rings. The minimum absolute atomic E-state index is 0.782. The number of nitrogen functional groups attached to an aromatic ring is 2. The molecule has 0 spiro atoms. The summed E-state index contributed by atoms with van der Waals surface area (Å²) in [6.07, 6.45) is 0. The van der Waals surface area contributed by atoms with Gasteiger partial charge in [0.1, 0.15) is 0 Å². The maximum absolute atomic E-state index is 5.68. The van der Waals surface area contributed by atoms with Gasteiger partial charge in [-0.05, 0) is 29.8 Å². The van der Waals surface area contributed by atoms with Crippen LogP contribution in [0.4, 0.5) is 10.7 Å². The average Bonchev–Trinajstić information content (AvgIpc) is 2.52. The fraction of sp³-hybridized carbons (Fsp3) is 0. The van der Waals surface area contributed by atoms with Crippen molar-refractivity contribution in [2.75, 3.05) is 11.5 Å². The van der Waals surface area contributed by atoms with Gasteiger partial charge in [0.05, 0.1) is 5.00 Å². The summed E-state index contributed by atoms with van der Waals surface area (Å²) < 4.78 is 0. The van der Waals surface area contributed by atoms with Gasteiger partial charge in [0.2, 0.25) is 0 Å². The highest BCUT2D eigenvalue weighted by Crippen LogP contribution is 2.30. The molecular formula is C10H10N2S. The number of nitrogens with two attached hydrogens (primary N) is 2. The van der Waals surface area contributed by atoms with Crippen molar-refractivity contribution < 1.29 is 0 Å². The van der Waals surface area contributed by atoms with Crippen molar-refractivity contribution in [1.29, 1.82) is 0 Å². The molecule has 13 heavy (non-hydrogen) atoms. The third-order valence-corrected chi connectivity index (χ3v) is 2.76.